The first-order chi connectivity index (χ1) is 8.43. The molecule has 0 radical (unpaired) electrons. The number of rotatable bonds is 6. The van der Waals surface area contributed by atoms with E-state index in [1.54, 1.807) is 13.8 Å². The second-order valence-corrected chi connectivity index (χ2v) is 5.25. The highest BCUT2D eigenvalue weighted by Crippen LogP contribution is 2.03. The zero-order valence-corrected chi connectivity index (χ0v) is 11.3. The van der Waals surface area contributed by atoms with Gasteiger partial charge in [0, 0.05) is 6.54 Å². The van der Waals surface area contributed by atoms with Crippen molar-refractivity contribution in [2.75, 3.05) is 20.2 Å². The van der Waals surface area contributed by atoms with E-state index in [0.29, 0.717) is 6.54 Å². The highest BCUT2D eigenvalue weighted by molar-refractivity contribution is 5.78. The molecule has 100 valence electrons. The highest BCUT2D eigenvalue weighted by atomic mass is 16.3. The van der Waals surface area contributed by atoms with Gasteiger partial charge in [-0.15, -0.1) is 0 Å². The van der Waals surface area contributed by atoms with E-state index in [1.165, 1.54) is 5.56 Å². The number of aliphatic hydroxyl groups is 1. The average Bonchev–Trinajstić information content (AvgIpc) is 2.29. The van der Waals surface area contributed by atoms with E-state index < -0.39 is 5.54 Å². The molecule has 0 aliphatic carbocycles. The number of carbonyl (C=O) groups is 1. The maximum Gasteiger partial charge on any atom is 0.234 e. The molecule has 1 aromatic rings. The van der Waals surface area contributed by atoms with Crippen LogP contribution in [0.25, 0.3) is 0 Å². The zero-order valence-electron chi connectivity index (χ0n) is 11.3. The van der Waals surface area contributed by atoms with Crippen LogP contribution in [0.2, 0.25) is 0 Å². The number of nitrogens with one attached hydrogen (secondary N) is 1. The van der Waals surface area contributed by atoms with Gasteiger partial charge in [-0.3, -0.25) is 9.69 Å². The Morgan fingerprint density at radius 1 is 1.33 bits per heavy atom. The molecule has 0 heterocycles. The number of hydrogen-bond acceptors (Lipinski definition) is 3. The molecule has 1 rings (SSSR count). The van der Waals surface area contributed by atoms with Crippen LogP contribution in [0.1, 0.15) is 19.4 Å². The fourth-order valence-corrected chi connectivity index (χ4v) is 1.65. The maximum atomic E-state index is 11.8. The van der Waals surface area contributed by atoms with Crippen LogP contribution in [-0.2, 0) is 11.3 Å². The Labute approximate surface area is 109 Å². The molecule has 0 saturated carbocycles. The summed E-state index contributed by atoms with van der Waals surface area (Å²) >= 11 is 0. The first-order valence-corrected chi connectivity index (χ1v) is 6.07. The molecule has 0 spiro atoms. The van der Waals surface area contributed by atoms with Gasteiger partial charge in [0.25, 0.3) is 0 Å². The normalized spacial score (nSPS) is 11.6. The first-order valence-electron chi connectivity index (χ1n) is 6.07. The van der Waals surface area contributed by atoms with Gasteiger partial charge in [0.1, 0.15) is 0 Å². The fourth-order valence-electron chi connectivity index (χ4n) is 1.65. The summed E-state index contributed by atoms with van der Waals surface area (Å²) in [7, 11) is 1.90. The Morgan fingerprint density at radius 3 is 2.50 bits per heavy atom. The van der Waals surface area contributed by atoms with Crippen LogP contribution >= 0.6 is 0 Å². The van der Waals surface area contributed by atoms with Crippen molar-refractivity contribution < 1.29 is 9.90 Å². The lowest BCUT2D eigenvalue weighted by Crippen LogP contribution is -2.49. The number of aliphatic hydroxyl groups excluding tert-OH is 1. The van der Waals surface area contributed by atoms with Crippen molar-refractivity contribution in [3.8, 4) is 0 Å². The third-order valence-corrected chi connectivity index (χ3v) is 2.58. The van der Waals surface area contributed by atoms with E-state index in [2.05, 4.69) is 5.32 Å². The van der Waals surface area contributed by atoms with E-state index in [-0.39, 0.29) is 12.5 Å². The van der Waals surface area contributed by atoms with Crippen LogP contribution in [0.4, 0.5) is 0 Å². The number of amides is 1. The number of likely N-dealkylation sites (N-methyl/N-ethyl adjacent to an activating group) is 1. The summed E-state index contributed by atoms with van der Waals surface area (Å²) in [6.45, 7) is 4.57. The Morgan fingerprint density at radius 2 is 1.94 bits per heavy atom. The lowest BCUT2D eigenvalue weighted by Gasteiger charge is -2.25. The number of benzene rings is 1. The van der Waals surface area contributed by atoms with Gasteiger partial charge in [-0.05, 0) is 26.5 Å². The van der Waals surface area contributed by atoms with Crippen molar-refractivity contribution in [3.05, 3.63) is 35.9 Å². The molecule has 1 aromatic carbocycles. The fraction of sp³-hybridized carbons (Fsp3) is 0.500. The zero-order chi connectivity index (χ0) is 13.6. The van der Waals surface area contributed by atoms with Crippen LogP contribution in [0.5, 0.6) is 0 Å². The SMILES string of the molecule is CN(CC(=O)NC(C)(C)CO)Cc1ccccc1. The summed E-state index contributed by atoms with van der Waals surface area (Å²) in [5.41, 5.74) is 0.610. The summed E-state index contributed by atoms with van der Waals surface area (Å²) < 4.78 is 0. The van der Waals surface area contributed by atoms with Gasteiger partial charge >= 0.3 is 0 Å². The van der Waals surface area contributed by atoms with Gasteiger partial charge in [0.2, 0.25) is 5.91 Å². The Bertz CT molecular complexity index is 377. The molecule has 2 N–H and O–H groups in total. The van der Waals surface area contributed by atoms with Gasteiger partial charge in [-0.25, -0.2) is 0 Å². The molecule has 1 amide bonds. The van der Waals surface area contributed by atoms with Crippen molar-refractivity contribution in [1.82, 2.24) is 10.2 Å². The van der Waals surface area contributed by atoms with E-state index in [0.717, 1.165) is 6.54 Å². The topological polar surface area (TPSA) is 52.6 Å². The Balaban J connectivity index is 2.41. The van der Waals surface area contributed by atoms with Crippen molar-refractivity contribution in [1.29, 1.82) is 0 Å². The van der Waals surface area contributed by atoms with Crippen LogP contribution in [-0.4, -0.2) is 41.7 Å². The minimum absolute atomic E-state index is 0.0683. The Hall–Kier alpha value is -1.39. The number of carbonyl (C=O) groups excluding carboxylic acids is 1. The van der Waals surface area contributed by atoms with E-state index >= 15 is 0 Å². The standard InChI is InChI=1S/C14H22N2O2/c1-14(2,11-17)15-13(18)10-16(3)9-12-7-5-4-6-8-12/h4-8,17H,9-11H2,1-3H3,(H,15,18). The van der Waals surface area contributed by atoms with E-state index in [4.69, 9.17) is 5.11 Å². The monoisotopic (exact) mass is 250 g/mol. The molecule has 0 unspecified atom stereocenters. The molecule has 0 aliphatic rings. The van der Waals surface area contributed by atoms with Crippen molar-refractivity contribution >= 4 is 5.91 Å². The second kappa shape index (κ2) is 6.52. The third kappa shape index (κ3) is 5.29. The maximum absolute atomic E-state index is 11.8. The molecule has 0 bridgehead atoms. The van der Waals surface area contributed by atoms with Crippen LogP contribution in [0, 0.1) is 0 Å². The summed E-state index contributed by atoms with van der Waals surface area (Å²) in [5.74, 6) is -0.0764. The molecule has 0 atom stereocenters. The lowest BCUT2D eigenvalue weighted by molar-refractivity contribution is -0.124. The predicted octanol–water partition coefficient (Wildman–Crippen LogP) is 1.01. The minimum atomic E-state index is -0.565. The number of hydrogen-bond donors (Lipinski definition) is 2. The van der Waals surface area contributed by atoms with Crippen molar-refractivity contribution in [2.45, 2.75) is 25.9 Å². The smallest absolute Gasteiger partial charge is 0.234 e. The quantitative estimate of drug-likeness (QED) is 0.792. The minimum Gasteiger partial charge on any atom is -0.394 e. The molecule has 4 nitrogen and oxygen atoms in total. The summed E-state index contributed by atoms with van der Waals surface area (Å²) in [5, 5.41) is 11.9. The van der Waals surface area contributed by atoms with Gasteiger partial charge in [0.15, 0.2) is 0 Å². The molecule has 18 heavy (non-hydrogen) atoms. The second-order valence-electron chi connectivity index (χ2n) is 5.25. The Kier molecular flexibility index (Phi) is 5.31. The summed E-state index contributed by atoms with van der Waals surface area (Å²) in [6, 6.07) is 10.0. The molecule has 0 aromatic heterocycles. The summed E-state index contributed by atoms with van der Waals surface area (Å²) in [6.07, 6.45) is 0. The van der Waals surface area contributed by atoms with Crippen molar-refractivity contribution in [3.63, 3.8) is 0 Å². The molecule has 0 fully saturated rings. The predicted molar refractivity (Wildman–Crippen MR) is 72.1 cm³/mol. The van der Waals surface area contributed by atoms with Gasteiger partial charge < -0.3 is 10.4 Å². The molecule has 4 heteroatoms. The van der Waals surface area contributed by atoms with Gasteiger partial charge in [-0.1, -0.05) is 30.3 Å². The first kappa shape index (κ1) is 14.7. The average molecular weight is 250 g/mol. The summed E-state index contributed by atoms with van der Waals surface area (Å²) in [4.78, 5) is 13.7. The molecule has 0 saturated heterocycles. The molecular formula is C14H22N2O2. The van der Waals surface area contributed by atoms with E-state index in [1.807, 2.05) is 42.3 Å². The highest BCUT2D eigenvalue weighted by Gasteiger charge is 2.19. The van der Waals surface area contributed by atoms with Gasteiger partial charge in [0.05, 0.1) is 18.7 Å². The van der Waals surface area contributed by atoms with E-state index in [9.17, 15) is 4.79 Å². The lowest BCUT2D eigenvalue weighted by atomic mass is 10.1. The van der Waals surface area contributed by atoms with Crippen LogP contribution in [0.3, 0.4) is 0 Å². The largest absolute Gasteiger partial charge is 0.394 e. The van der Waals surface area contributed by atoms with Crippen LogP contribution in [0.15, 0.2) is 30.3 Å². The van der Waals surface area contributed by atoms with Gasteiger partial charge in [-0.2, -0.15) is 0 Å². The molecular weight excluding hydrogens is 228 g/mol. The molecule has 0 aliphatic heterocycles. The number of nitrogens with zero attached hydrogens (tertiary/aromatic N) is 1. The van der Waals surface area contributed by atoms with Crippen LogP contribution < -0.4 is 5.32 Å². The van der Waals surface area contributed by atoms with Crippen molar-refractivity contribution in [2.24, 2.45) is 0 Å². The third-order valence-electron chi connectivity index (χ3n) is 2.58.